The van der Waals surface area contributed by atoms with Crippen molar-refractivity contribution in [2.75, 3.05) is 11.5 Å². The van der Waals surface area contributed by atoms with E-state index in [9.17, 15) is 14.4 Å². The molecule has 128 valence electrons. The molecule has 1 aromatic carbocycles. The van der Waals surface area contributed by atoms with E-state index in [2.05, 4.69) is 5.32 Å². The van der Waals surface area contributed by atoms with Gasteiger partial charge in [0.25, 0.3) is 11.8 Å². The highest BCUT2D eigenvalue weighted by Crippen LogP contribution is 2.24. The van der Waals surface area contributed by atoms with Crippen LogP contribution in [0.4, 0.5) is 10.5 Å². The molecule has 25 heavy (non-hydrogen) atoms. The summed E-state index contributed by atoms with van der Waals surface area (Å²) in [6.07, 6.45) is 1.31. The van der Waals surface area contributed by atoms with E-state index in [-0.39, 0.29) is 5.57 Å². The van der Waals surface area contributed by atoms with E-state index in [4.69, 9.17) is 9.15 Å². The van der Waals surface area contributed by atoms with Crippen molar-refractivity contribution >= 4 is 52.2 Å². The Balaban J connectivity index is 1.93. The van der Waals surface area contributed by atoms with Gasteiger partial charge in [-0.3, -0.25) is 14.9 Å². The standard InChI is InChI=1S/C17H13IN2O5/c1-2-24-11-5-3-10(4-6-11)20-16(22)13(15(21)19-17(20)23)9-12-7-8-14(18)25-12/h3-9H,2H2,1H3,(H,19,21,23)/b13-9-. The van der Waals surface area contributed by atoms with Crippen LogP contribution in [0.2, 0.25) is 0 Å². The molecule has 1 aliphatic rings. The predicted molar refractivity (Wildman–Crippen MR) is 98.0 cm³/mol. The first-order valence-electron chi connectivity index (χ1n) is 7.39. The Morgan fingerprint density at radius 3 is 2.48 bits per heavy atom. The number of nitrogens with zero attached hydrogens (tertiary/aromatic N) is 1. The van der Waals surface area contributed by atoms with Gasteiger partial charge in [-0.05, 0) is 72.0 Å². The molecule has 1 fully saturated rings. The molecule has 0 bridgehead atoms. The van der Waals surface area contributed by atoms with Gasteiger partial charge in [-0.25, -0.2) is 9.69 Å². The van der Waals surface area contributed by atoms with Gasteiger partial charge in [-0.1, -0.05) is 0 Å². The molecule has 0 unspecified atom stereocenters. The van der Waals surface area contributed by atoms with E-state index in [0.717, 1.165) is 4.90 Å². The first-order chi connectivity index (χ1) is 12.0. The van der Waals surface area contributed by atoms with Crippen molar-refractivity contribution < 1.29 is 23.5 Å². The highest BCUT2D eigenvalue weighted by molar-refractivity contribution is 14.1. The topological polar surface area (TPSA) is 88.8 Å². The number of carbonyl (C=O) groups excluding carboxylic acids is 3. The van der Waals surface area contributed by atoms with Crippen molar-refractivity contribution in [3.63, 3.8) is 0 Å². The van der Waals surface area contributed by atoms with Crippen molar-refractivity contribution in [3.05, 3.63) is 51.5 Å². The third-order valence-electron chi connectivity index (χ3n) is 3.39. The van der Waals surface area contributed by atoms with Crippen LogP contribution in [0.25, 0.3) is 6.08 Å². The molecule has 2 heterocycles. The summed E-state index contributed by atoms with van der Waals surface area (Å²) in [7, 11) is 0. The third-order valence-corrected chi connectivity index (χ3v) is 3.97. The zero-order valence-electron chi connectivity index (χ0n) is 13.1. The summed E-state index contributed by atoms with van der Waals surface area (Å²) in [5.41, 5.74) is 0.151. The number of ether oxygens (including phenoxy) is 1. The number of benzene rings is 1. The van der Waals surface area contributed by atoms with Gasteiger partial charge in [-0.2, -0.15) is 0 Å². The molecule has 2 aromatic rings. The van der Waals surface area contributed by atoms with Crippen LogP contribution in [-0.4, -0.2) is 24.5 Å². The number of amides is 4. The normalized spacial score (nSPS) is 16.3. The number of nitrogens with one attached hydrogen (secondary N) is 1. The molecular formula is C17H13IN2O5. The van der Waals surface area contributed by atoms with Crippen LogP contribution in [-0.2, 0) is 9.59 Å². The second-order valence-corrected chi connectivity index (χ2v) is 6.09. The Bertz CT molecular complexity index is 869. The molecule has 0 radical (unpaired) electrons. The minimum absolute atomic E-state index is 0.181. The van der Waals surface area contributed by atoms with Gasteiger partial charge in [0.2, 0.25) is 0 Å². The summed E-state index contributed by atoms with van der Waals surface area (Å²) in [6, 6.07) is 8.98. The number of anilines is 1. The lowest BCUT2D eigenvalue weighted by Crippen LogP contribution is -2.54. The lowest BCUT2D eigenvalue weighted by molar-refractivity contribution is -0.122. The van der Waals surface area contributed by atoms with Gasteiger partial charge in [0.15, 0.2) is 3.77 Å². The zero-order valence-corrected chi connectivity index (χ0v) is 15.3. The fourth-order valence-corrected chi connectivity index (χ4v) is 2.73. The second kappa shape index (κ2) is 7.09. The van der Waals surface area contributed by atoms with Crippen molar-refractivity contribution in [2.24, 2.45) is 0 Å². The molecule has 0 aliphatic carbocycles. The van der Waals surface area contributed by atoms with Crippen LogP contribution in [0.5, 0.6) is 5.75 Å². The number of barbiturate groups is 1. The first kappa shape index (κ1) is 17.2. The van der Waals surface area contributed by atoms with Crippen LogP contribution in [0, 0.1) is 3.77 Å². The lowest BCUT2D eigenvalue weighted by Gasteiger charge is -2.26. The minimum atomic E-state index is -0.801. The number of furan rings is 1. The van der Waals surface area contributed by atoms with Gasteiger partial charge in [0.05, 0.1) is 12.3 Å². The Hall–Kier alpha value is -2.62. The Morgan fingerprint density at radius 2 is 1.88 bits per heavy atom. The molecule has 8 heteroatoms. The molecule has 1 N–H and O–H groups in total. The van der Waals surface area contributed by atoms with Gasteiger partial charge >= 0.3 is 6.03 Å². The Morgan fingerprint density at radius 1 is 1.16 bits per heavy atom. The average Bonchev–Trinajstić information content (AvgIpc) is 2.98. The van der Waals surface area contributed by atoms with Gasteiger partial charge in [-0.15, -0.1) is 0 Å². The smallest absolute Gasteiger partial charge is 0.335 e. The summed E-state index contributed by atoms with van der Waals surface area (Å²) in [5.74, 6) is -0.509. The largest absolute Gasteiger partial charge is 0.494 e. The average molecular weight is 452 g/mol. The molecule has 0 saturated carbocycles. The van der Waals surface area contributed by atoms with E-state index in [0.29, 0.717) is 27.6 Å². The monoisotopic (exact) mass is 452 g/mol. The second-order valence-electron chi connectivity index (χ2n) is 5.03. The first-order valence-corrected chi connectivity index (χ1v) is 8.47. The number of imide groups is 2. The van der Waals surface area contributed by atoms with E-state index >= 15 is 0 Å². The van der Waals surface area contributed by atoms with Gasteiger partial charge in [0, 0.05) is 0 Å². The summed E-state index contributed by atoms with van der Waals surface area (Å²) in [6.45, 7) is 2.36. The number of urea groups is 1. The van der Waals surface area contributed by atoms with Gasteiger partial charge < -0.3 is 9.15 Å². The highest BCUT2D eigenvalue weighted by atomic mass is 127. The molecule has 0 atom stereocenters. The molecule has 1 aromatic heterocycles. The summed E-state index contributed by atoms with van der Waals surface area (Å²) < 4.78 is 11.3. The minimum Gasteiger partial charge on any atom is -0.494 e. The number of halogens is 1. The maximum absolute atomic E-state index is 12.7. The molecule has 0 spiro atoms. The molecular weight excluding hydrogens is 439 g/mol. The Kier molecular flexibility index (Phi) is 4.88. The van der Waals surface area contributed by atoms with Crippen LogP contribution in [0.1, 0.15) is 12.7 Å². The number of hydrogen-bond donors (Lipinski definition) is 1. The lowest BCUT2D eigenvalue weighted by atomic mass is 10.1. The highest BCUT2D eigenvalue weighted by Gasteiger charge is 2.37. The van der Waals surface area contributed by atoms with E-state index < -0.39 is 17.8 Å². The summed E-state index contributed by atoms with van der Waals surface area (Å²) in [4.78, 5) is 37.7. The summed E-state index contributed by atoms with van der Waals surface area (Å²) >= 11 is 1.97. The fraction of sp³-hybridized carbons (Fsp3) is 0.118. The fourth-order valence-electron chi connectivity index (χ4n) is 2.30. The van der Waals surface area contributed by atoms with Crippen molar-refractivity contribution in [1.82, 2.24) is 5.32 Å². The zero-order chi connectivity index (χ0) is 18.0. The van der Waals surface area contributed by atoms with Crippen LogP contribution >= 0.6 is 22.6 Å². The summed E-state index contributed by atoms with van der Waals surface area (Å²) in [5, 5.41) is 2.16. The quantitative estimate of drug-likeness (QED) is 0.438. The van der Waals surface area contributed by atoms with Crippen LogP contribution < -0.4 is 15.0 Å². The predicted octanol–water partition coefficient (Wildman–Crippen LogP) is 2.95. The molecule has 3 rings (SSSR count). The van der Waals surface area contributed by atoms with E-state index in [1.807, 2.05) is 29.5 Å². The number of carbonyl (C=O) groups is 3. The number of rotatable bonds is 4. The maximum Gasteiger partial charge on any atom is 0.335 e. The van der Waals surface area contributed by atoms with Crippen molar-refractivity contribution in [3.8, 4) is 5.75 Å². The third kappa shape index (κ3) is 3.58. The number of hydrogen-bond acceptors (Lipinski definition) is 5. The van der Waals surface area contributed by atoms with Gasteiger partial charge in [0.1, 0.15) is 17.1 Å². The van der Waals surface area contributed by atoms with Crippen molar-refractivity contribution in [1.29, 1.82) is 0 Å². The Labute approximate surface area is 156 Å². The molecule has 7 nitrogen and oxygen atoms in total. The SMILES string of the molecule is CCOc1ccc(N2C(=O)NC(=O)/C(=C/c3ccc(I)o3)C2=O)cc1. The molecule has 1 saturated heterocycles. The van der Waals surface area contributed by atoms with Crippen LogP contribution in [0.15, 0.2) is 46.4 Å². The van der Waals surface area contributed by atoms with E-state index in [1.165, 1.54) is 6.08 Å². The van der Waals surface area contributed by atoms with E-state index in [1.54, 1.807) is 36.4 Å². The van der Waals surface area contributed by atoms with Crippen molar-refractivity contribution in [2.45, 2.75) is 6.92 Å². The van der Waals surface area contributed by atoms with Crippen LogP contribution in [0.3, 0.4) is 0 Å². The molecule has 1 aliphatic heterocycles. The maximum atomic E-state index is 12.7. The molecule has 4 amide bonds.